The highest BCUT2D eigenvalue weighted by atomic mass is 19.1. The smallest absolute Gasteiger partial charge is 0.359 e. The summed E-state index contributed by atoms with van der Waals surface area (Å²) in [5, 5.41) is 4.34. The lowest BCUT2D eigenvalue weighted by Gasteiger charge is -2.26. The second-order valence-corrected chi connectivity index (χ2v) is 6.67. The van der Waals surface area contributed by atoms with Crippen LogP contribution in [0.15, 0.2) is 36.7 Å². The summed E-state index contributed by atoms with van der Waals surface area (Å²) in [7, 11) is 1.17. The average Bonchev–Trinajstić information content (AvgIpc) is 3.17. The molecule has 0 N–H and O–H groups in total. The second-order valence-electron chi connectivity index (χ2n) is 6.67. The minimum absolute atomic E-state index is 0.0443. The summed E-state index contributed by atoms with van der Waals surface area (Å²) >= 11 is 0. The van der Waals surface area contributed by atoms with Crippen molar-refractivity contribution in [3.63, 3.8) is 0 Å². The third-order valence-corrected chi connectivity index (χ3v) is 4.93. The number of amides is 1. The number of pyridine rings is 2. The molecule has 1 aliphatic heterocycles. The Bertz CT molecular complexity index is 1060. The van der Waals surface area contributed by atoms with Crippen LogP contribution in [0.3, 0.4) is 0 Å². The second kappa shape index (κ2) is 7.38. The molecule has 144 valence electrons. The van der Waals surface area contributed by atoms with Crippen LogP contribution in [-0.2, 0) is 4.74 Å². The minimum atomic E-state index is -0.837. The SMILES string of the molecule is COC(=O)c1ncc(-c2cccc3c(C(=O)N4CCCCC4)cnn23)cc1F. The predicted octanol–water partition coefficient (Wildman–Crippen LogP) is 2.95. The normalized spacial score (nSPS) is 14.3. The molecule has 8 heteroatoms. The molecule has 1 saturated heterocycles. The van der Waals surface area contributed by atoms with E-state index in [1.165, 1.54) is 19.4 Å². The predicted molar refractivity (Wildman–Crippen MR) is 99.5 cm³/mol. The number of carbonyl (C=O) groups is 2. The van der Waals surface area contributed by atoms with Gasteiger partial charge in [-0.15, -0.1) is 0 Å². The number of fused-ring (bicyclic) bond motifs is 1. The monoisotopic (exact) mass is 382 g/mol. The quantitative estimate of drug-likeness (QED) is 0.651. The lowest BCUT2D eigenvalue weighted by atomic mass is 10.1. The van der Waals surface area contributed by atoms with E-state index in [4.69, 9.17) is 0 Å². The average molecular weight is 382 g/mol. The first kappa shape index (κ1) is 18.1. The van der Waals surface area contributed by atoms with Crippen molar-refractivity contribution in [2.24, 2.45) is 0 Å². The molecule has 4 heterocycles. The maximum atomic E-state index is 14.3. The first-order chi connectivity index (χ1) is 13.6. The lowest BCUT2D eigenvalue weighted by molar-refractivity contribution is 0.0588. The molecule has 1 fully saturated rings. The van der Waals surface area contributed by atoms with Crippen LogP contribution in [0.5, 0.6) is 0 Å². The van der Waals surface area contributed by atoms with E-state index in [0.29, 0.717) is 22.3 Å². The Kier molecular flexibility index (Phi) is 4.77. The molecule has 0 unspecified atom stereocenters. The van der Waals surface area contributed by atoms with Crippen molar-refractivity contribution in [3.8, 4) is 11.3 Å². The third kappa shape index (κ3) is 3.11. The maximum absolute atomic E-state index is 14.3. The fourth-order valence-electron chi connectivity index (χ4n) is 3.49. The molecule has 1 amide bonds. The van der Waals surface area contributed by atoms with Crippen molar-refractivity contribution in [1.29, 1.82) is 0 Å². The van der Waals surface area contributed by atoms with Gasteiger partial charge in [0.2, 0.25) is 0 Å². The molecule has 7 nitrogen and oxygen atoms in total. The van der Waals surface area contributed by atoms with Crippen molar-refractivity contribution in [2.45, 2.75) is 19.3 Å². The van der Waals surface area contributed by atoms with E-state index in [2.05, 4.69) is 14.8 Å². The Morgan fingerprint density at radius 1 is 1.14 bits per heavy atom. The van der Waals surface area contributed by atoms with E-state index in [9.17, 15) is 14.0 Å². The highest BCUT2D eigenvalue weighted by Crippen LogP contribution is 2.24. The van der Waals surface area contributed by atoms with Gasteiger partial charge in [0.1, 0.15) is 0 Å². The van der Waals surface area contributed by atoms with Gasteiger partial charge in [0.25, 0.3) is 5.91 Å². The highest BCUT2D eigenvalue weighted by molar-refractivity contribution is 6.01. The molecule has 0 atom stereocenters. The molecular formula is C20H19FN4O3. The Balaban J connectivity index is 1.73. The van der Waals surface area contributed by atoms with Crippen LogP contribution in [0, 0.1) is 5.82 Å². The fraction of sp³-hybridized carbons (Fsp3) is 0.300. The molecule has 3 aromatic rings. The molecule has 0 aliphatic carbocycles. The topological polar surface area (TPSA) is 76.8 Å². The first-order valence-corrected chi connectivity index (χ1v) is 9.10. The molecule has 0 bridgehead atoms. The van der Waals surface area contributed by atoms with E-state index in [0.717, 1.165) is 32.4 Å². The van der Waals surface area contributed by atoms with Crippen LogP contribution in [0.25, 0.3) is 16.8 Å². The van der Waals surface area contributed by atoms with Crippen LogP contribution in [0.1, 0.15) is 40.1 Å². The summed E-state index contributed by atoms with van der Waals surface area (Å²) < 4.78 is 20.4. The number of likely N-dealkylation sites (tertiary alicyclic amines) is 1. The van der Waals surface area contributed by atoms with Gasteiger partial charge < -0.3 is 9.64 Å². The van der Waals surface area contributed by atoms with Crippen LogP contribution in [0.4, 0.5) is 4.39 Å². The van der Waals surface area contributed by atoms with Crippen LogP contribution in [-0.4, -0.2) is 51.6 Å². The number of halogens is 1. The molecule has 4 rings (SSSR count). The number of hydrogen-bond donors (Lipinski definition) is 0. The first-order valence-electron chi connectivity index (χ1n) is 9.10. The highest BCUT2D eigenvalue weighted by Gasteiger charge is 2.22. The lowest BCUT2D eigenvalue weighted by Crippen LogP contribution is -2.35. The summed E-state index contributed by atoms with van der Waals surface area (Å²) in [5.74, 6) is -1.66. The van der Waals surface area contributed by atoms with Gasteiger partial charge >= 0.3 is 5.97 Å². The summed E-state index contributed by atoms with van der Waals surface area (Å²) in [5.41, 5.74) is 1.79. The van der Waals surface area contributed by atoms with Gasteiger partial charge in [-0.1, -0.05) is 6.07 Å². The summed E-state index contributed by atoms with van der Waals surface area (Å²) in [6, 6.07) is 6.55. The molecule has 3 aromatic heterocycles. The van der Waals surface area contributed by atoms with E-state index in [1.807, 2.05) is 4.90 Å². The number of carbonyl (C=O) groups excluding carboxylic acids is 2. The number of methoxy groups -OCH3 is 1. The van der Waals surface area contributed by atoms with Crippen LogP contribution in [0.2, 0.25) is 0 Å². The summed E-state index contributed by atoms with van der Waals surface area (Å²) in [6.07, 6.45) is 6.09. The zero-order valence-corrected chi connectivity index (χ0v) is 15.4. The fourth-order valence-corrected chi connectivity index (χ4v) is 3.49. The largest absolute Gasteiger partial charge is 0.464 e. The van der Waals surface area contributed by atoms with Crippen molar-refractivity contribution >= 4 is 17.4 Å². The molecule has 1 aliphatic rings. The number of rotatable bonds is 3. The van der Waals surface area contributed by atoms with Crippen LogP contribution < -0.4 is 0 Å². The van der Waals surface area contributed by atoms with Gasteiger partial charge in [-0.25, -0.2) is 18.7 Å². The van der Waals surface area contributed by atoms with Gasteiger partial charge in [0.15, 0.2) is 11.5 Å². The maximum Gasteiger partial charge on any atom is 0.359 e. The third-order valence-electron chi connectivity index (χ3n) is 4.93. The van der Waals surface area contributed by atoms with E-state index < -0.39 is 11.8 Å². The Hall–Kier alpha value is -3.29. The standard InChI is InChI=1S/C20H19FN4O3/c1-28-20(27)18-15(21)10-13(11-22-18)16-6-5-7-17-14(12-23-25(16)17)19(26)24-8-3-2-4-9-24/h5-7,10-12H,2-4,8-9H2,1H3. The van der Waals surface area contributed by atoms with E-state index in [-0.39, 0.29) is 11.6 Å². The summed E-state index contributed by atoms with van der Waals surface area (Å²) in [6.45, 7) is 1.50. The number of ether oxygens (including phenoxy) is 1. The number of hydrogen-bond acceptors (Lipinski definition) is 5. The van der Waals surface area contributed by atoms with Gasteiger partial charge in [-0.05, 0) is 37.5 Å². The number of esters is 1. The van der Waals surface area contributed by atoms with Crippen LogP contribution >= 0.6 is 0 Å². The molecule has 0 aromatic carbocycles. The Labute approximate surface area is 160 Å². The van der Waals surface area contributed by atoms with Crippen molar-refractivity contribution in [1.82, 2.24) is 19.5 Å². The number of nitrogens with zero attached hydrogens (tertiary/aromatic N) is 4. The van der Waals surface area contributed by atoms with E-state index in [1.54, 1.807) is 28.9 Å². The molecular weight excluding hydrogens is 363 g/mol. The van der Waals surface area contributed by atoms with Gasteiger partial charge in [0.05, 0.1) is 30.1 Å². The van der Waals surface area contributed by atoms with Gasteiger partial charge in [-0.2, -0.15) is 5.10 Å². The molecule has 0 saturated carbocycles. The Morgan fingerprint density at radius 2 is 1.93 bits per heavy atom. The van der Waals surface area contributed by atoms with Crippen molar-refractivity contribution in [2.75, 3.05) is 20.2 Å². The zero-order chi connectivity index (χ0) is 19.7. The number of piperidine rings is 1. The van der Waals surface area contributed by atoms with Gasteiger partial charge in [-0.3, -0.25) is 4.79 Å². The van der Waals surface area contributed by atoms with E-state index >= 15 is 0 Å². The molecule has 0 spiro atoms. The van der Waals surface area contributed by atoms with Crippen molar-refractivity contribution in [3.05, 3.63) is 53.7 Å². The molecule has 0 radical (unpaired) electrons. The van der Waals surface area contributed by atoms with Gasteiger partial charge in [0, 0.05) is 24.8 Å². The van der Waals surface area contributed by atoms with Crippen molar-refractivity contribution < 1.29 is 18.7 Å². The Morgan fingerprint density at radius 3 is 2.64 bits per heavy atom. The molecule has 28 heavy (non-hydrogen) atoms. The summed E-state index contributed by atoms with van der Waals surface area (Å²) in [4.78, 5) is 30.1. The zero-order valence-electron chi connectivity index (χ0n) is 15.4. The number of aromatic nitrogens is 3. The minimum Gasteiger partial charge on any atom is -0.464 e.